The number of benzene rings is 1. The van der Waals surface area contributed by atoms with Crippen LogP contribution in [0.2, 0.25) is 10.0 Å². The van der Waals surface area contributed by atoms with Crippen molar-refractivity contribution < 1.29 is 27.6 Å². The highest BCUT2D eigenvalue weighted by molar-refractivity contribution is 6.46. The molecule has 2 aliphatic rings. The summed E-state index contributed by atoms with van der Waals surface area (Å²) < 4.78 is 40.0. The van der Waals surface area contributed by atoms with Crippen molar-refractivity contribution in [1.29, 1.82) is 0 Å². The zero-order chi connectivity index (χ0) is 30.2. The van der Waals surface area contributed by atoms with Gasteiger partial charge in [-0.2, -0.15) is 13.2 Å². The first-order valence-electron chi connectivity index (χ1n) is 12.6. The molecule has 0 unspecified atom stereocenters. The first kappa shape index (κ1) is 30.3. The van der Waals surface area contributed by atoms with E-state index < -0.39 is 35.8 Å². The van der Waals surface area contributed by atoms with Crippen molar-refractivity contribution in [2.24, 2.45) is 10.7 Å². The van der Waals surface area contributed by atoms with Crippen molar-refractivity contribution in [3.8, 4) is 0 Å². The number of amides is 3. The number of carbonyl (C=O) groups is 3. The largest absolute Gasteiger partial charge is 0.433 e. The molecule has 2 aromatic rings. The molecule has 0 saturated heterocycles. The second kappa shape index (κ2) is 11.7. The van der Waals surface area contributed by atoms with Gasteiger partial charge in [-0.25, -0.2) is 0 Å². The number of pyridine rings is 1. The van der Waals surface area contributed by atoms with Crippen molar-refractivity contribution in [2.45, 2.75) is 44.6 Å². The van der Waals surface area contributed by atoms with Gasteiger partial charge in [-0.15, -0.1) is 0 Å². The second-order valence-corrected chi connectivity index (χ2v) is 10.6. The van der Waals surface area contributed by atoms with Crippen LogP contribution >= 0.6 is 23.2 Å². The van der Waals surface area contributed by atoms with E-state index >= 15 is 0 Å². The van der Waals surface area contributed by atoms with E-state index in [1.807, 2.05) is 0 Å². The van der Waals surface area contributed by atoms with E-state index in [-0.39, 0.29) is 63.9 Å². The Morgan fingerprint density at radius 3 is 2.51 bits per heavy atom. The fraction of sp³-hybridized carbons (Fsp3) is 0.370. The van der Waals surface area contributed by atoms with Gasteiger partial charge < -0.3 is 20.9 Å². The third kappa shape index (κ3) is 6.18. The minimum atomic E-state index is -4.68. The summed E-state index contributed by atoms with van der Waals surface area (Å²) in [5, 5.41) is 2.99. The highest BCUT2D eigenvalue weighted by Crippen LogP contribution is 2.33. The van der Waals surface area contributed by atoms with E-state index in [2.05, 4.69) is 15.3 Å². The topological polar surface area (TPSA) is 121 Å². The Morgan fingerprint density at radius 1 is 1.17 bits per heavy atom. The molecule has 41 heavy (non-hydrogen) atoms. The average molecular weight is 611 g/mol. The van der Waals surface area contributed by atoms with Crippen molar-refractivity contribution in [3.63, 3.8) is 0 Å². The van der Waals surface area contributed by atoms with Gasteiger partial charge in [-0.3, -0.25) is 24.4 Å². The molecule has 9 nitrogen and oxygen atoms in total. The molecule has 2 aliphatic heterocycles. The zero-order valence-electron chi connectivity index (χ0n) is 22.3. The molecule has 1 aromatic heterocycles. The number of hydrogen-bond acceptors (Lipinski definition) is 6. The third-order valence-electron chi connectivity index (χ3n) is 7.17. The number of carbonyl (C=O) groups excluding carboxylic acids is 3. The highest BCUT2D eigenvalue weighted by Gasteiger charge is 2.40. The zero-order valence-corrected chi connectivity index (χ0v) is 23.8. The lowest BCUT2D eigenvalue weighted by molar-refractivity contribution is -0.141. The van der Waals surface area contributed by atoms with E-state index in [1.165, 1.54) is 41.1 Å². The van der Waals surface area contributed by atoms with Crippen LogP contribution in [0.1, 0.15) is 47.9 Å². The minimum Gasteiger partial charge on any atom is -0.402 e. The van der Waals surface area contributed by atoms with Crippen molar-refractivity contribution in [3.05, 3.63) is 74.7 Å². The quantitative estimate of drug-likeness (QED) is 0.530. The molecule has 0 spiro atoms. The maximum Gasteiger partial charge on any atom is 0.433 e. The predicted octanol–water partition coefficient (Wildman–Crippen LogP) is 4.01. The molecule has 0 saturated carbocycles. The van der Waals surface area contributed by atoms with Gasteiger partial charge in [0.1, 0.15) is 17.4 Å². The summed E-state index contributed by atoms with van der Waals surface area (Å²) in [6.07, 6.45) is -3.45. The number of rotatable bonds is 5. The summed E-state index contributed by atoms with van der Waals surface area (Å²) in [7, 11) is 1.41. The molecule has 3 atom stereocenters. The molecule has 3 N–H and O–H groups in total. The van der Waals surface area contributed by atoms with Gasteiger partial charge in [0.2, 0.25) is 5.91 Å². The normalized spacial score (nSPS) is 20.6. The first-order valence-corrected chi connectivity index (χ1v) is 13.4. The van der Waals surface area contributed by atoms with Crippen LogP contribution in [0.15, 0.2) is 52.8 Å². The van der Waals surface area contributed by atoms with Crippen molar-refractivity contribution in [1.82, 2.24) is 20.1 Å². The van der Waals surface area contributed by atoms with Gasteiger partial charge in [0, 0.05) is 42.5 Å². The molecule has 0 fully saturated rings. The Morgan fingerprint density at radius 2 is 1.88 bits per heavy atom. The summed E-state index contributed by atoms with van der Waals surface area (Å²) in [6, 6.07) is 4.44. The molecular weight excluding hydrogens is 584 g/mol. The fourth-order valence-electron chi connectivity index (χ4n) is 4.82. The minimum absolute atomic E-state index is 0.0905. The number of nitrogens with two attached hydrogens (primary N) is 1. The Hall–Kier alpha value is -3.64. The van der Waals surface area contributed by atoms with E-state index in [4.69, 9.17) is 28.9 Å². The summed E-state index contributed by atoms with van der Waals surface area (Å²) >= 11 is 12.1. The fourth-order valence-corrected chi connectivity index (χ4v) is 5.12. The average Bonchev–Trinajstić information content (AvgIpc) is 2.93. The SMILES string of the molecule is CNC(=O)[C@@H]1CN([C@H](C)c2ccnc(C(F)(F)F)c2)C(=O)C(C2=C(N)C[C@@H](C)N(C(=O)c3ccc(Cl)c(Cl)c3)C2)=N1. The number of aromatic nitrogens is 1. The summed E-state index contributed by atoms with van der Waals surface area (Å²) in [6.45, 7) is 3.08. The highest BCUT2D eigenvalue weighted by atomic mass is 35.5. The van der Waals surface area contributed by atoms with Crippen LogP contribution in [0.3, 0.4) is 0 Å². The molecule has 14 heteroatoms. The maximum absolute atomic E-state index is 13.8. The molecule has 0 aliphatic carbocycles. The van der Waals surface area contributed by atoms with Crippen LogP contribution in [0.25, 0.3) is 0 Å². The Labute approximate surface area is 244 Å². The van der Waals surface area contributed by atoms with Gasteiger partial charge in [0.15, 0.2) is 0 Å². The molecule has 0 radical (unpaired) electrons. The molecule has 1 aromatic carbocycles. The van der Waals surface area contributed by atoms with Gasteiger partial charge in [-0.1, -0.05) is 23.2 Å². The summed E-state index contributed by atoms with van der Waals surface area (Å²) in [5.74, 6) is -1.50. The lowest BCUT2D eigenvalue weighted by Crippen LogP contribution is -2.54. The Bertz CT molecular complexity index is 1460. The molecule has 3 amide bonds. The van der Waals surface area contributed by atoms with Gasteiger partial charge in [0.05, 0.1) is 29.2 Å². The van der Waals surface area contributed by atoms with Gasteiger partial charge >= 0.3 is 6.18 Å². The van der Waals surface area contributed by atoms with Crippen molar-refractivity contribution >= 4 is 46.6 Å². The number of nitrogens with zero attached hydrogens (tertiary/aromatic N) is 4. The number of halogens is 5. The Balaban J connectivity index is 1.70. The standard InChI is InChI=1S/C27H27Cl2F3N6O3/c1-13-8-20(33)17(11-37(13)25(40)16-4-5-18(28)19(29)9-16)23-26(41)38(12-21(36-23)24(39)34-3)14(2)15-6-7-35-22(10-15)27(30,31)32/h4-7,9-10,13-14,21H,8,11-12,33H2,1-3H3,(H,34,39)/t13-,14-,21+/m1/s1. The smallest absolute Gasteiger partial charge is 0.402 e. The van der Waals surface area contributed by atoms with E-state index in [0.29, 0.717) is 5.70 Å². The lowest BCUT2D eigenvalue weighted by Gasteiger charge is -2.39. The predicted molar refractivity (Wildman–Crippen MR) is 147 cm³/mol. The van der Waals surface area contributed by atoms with Crippen LogP contribution in [-0.2, 0) is 15.8 Å². The van der Waals surface area contributed by atoms with Crippen molar-refractivity contribution in [2.75, 3.05) is 20.1 Å². The summed E-state index contributed by atoms with van der Waals surface area (Å²) in [5.41, 5.74) is 6.18. The van der Waals surface area contributed by atoms with Crippen LogP contribution in [0.4, 0.5) is 13.2 Å². The van der Waals surface area contributed by atoms with Crippen LogP contribution in [-0.4, -0.2) is 70.4 Å². The van der Waals surface area contributed by atoms with E-state index in [9.17, 15) is 27.6 Å². The number of alkyl halides is 3. The number of aliphatic imine (C=N–C) groups is 1. The molecule has 4 rings (SSSR count). The summed E-state index contributed by atoms with van der Waals surface area (Å²) in [4.78, 5) is 50.6. The number of hydrogen-bond donors (Lipinski definition) is 2. The monoisotopic (exact) mass is 610 g/mol. The Kier molecular flexibility index (Phi) is 8.65. The van der Waals surface area contributed by atoms with Gasteiger partial charge in [-0.05, 0) is 49.7 Å². The van der Waals surface area contributed by atoms with Crippen LogP contribution in [0, 0.1) is 0 Å². The van der Waals surface area contributed by atoms with Gasteiger partial charge in [0.25, 0.3) is 11.8 Å². The van der Waals surface area contributed by atoms with E-state index in [1.54, 1.807) is 13.8 Å². The third-order valence-corrected chi connectivity index (χ3v) is 7.91. The number of nitrogens with one attached hydrogen (secondary N) is 1. The van der Waals surface area contributed by atoms with E-state index in [0.717, 1.165) is 12.3 Å². The number of likely N-dealkylation sites (N-methyl/N-ethyl adjacent to an activating group) is 1. The molecule has 218 valence electrons. The first-order chi connectivity index (χ1) is 19.2. The maximum atomic E-state index is 13.8. The molecule has 3 heterocycles. The second-order valence-electron chi connectivity index (χ2n) is 9.83. The molecular formula is C27H27Cl2F3N6O3. The lowest BCUT2D eigenvalue weighted by atomic mass is 9.93. The van der Waals surface area contributed by atoms with Crippen LogP contribution < -0.4 is 11.1 Å². The molecule has 0 bridgehead atoms. The van der Waals surface area contributed by atoms with Crippen LogP contribution in [0.5, 0.6) is 0 Å².